The second-order valence-corrected chi connectivity index (χ2v) is 7.99. The molecule has 3 rings (SSSR count). The summed E-state index contributed by atoms with van der Waals surface area (Å²) in [5.74, 6) is 0.769. The molecule has 0 bridgehead atoms. The van der Waals surface area contributed by atoms with Crippen LogP contribution in [0.4, 0.5) is 0 Å². The van der Waals surface area contributed by atoms with Gasteiger partial charge in [0.2, 0.25) is 5.91 Å². The number of amides is 1. The third kappa shape index (κ3) is 5.53. The van der Waals surface area contributed by atoms with Gasteiger partial charge in [0, 0.05) is 32.2 Å². The molecular weight excluding hydrogens is 326 g/mol. The van der Waals surface area contributed by atoms with E-state index < -0.39 is 0 Å². The van der Waals surface area contributed by atoms with Gasteiger partial charge in [-0.3, -0.25) is 14.6 Å². The van der Waals surface area contributed by atoms with Gasteiger partial charge < -0.3 is 10.1 Å². The van der Waals surface area contributed by atoms with Crippen molar-refractivity contribution in [3.63, 3.8) is 0 Å². The largest absolute Gasteiger partial charge is 0.374 e. The van der Waals surface area contributed by atoms with Gasteiger partial charge in [0.1, 0.15) is 0 Å². The molecule has 26 heavy (non-hydrogen) atoms. The number of likely N-dealkylation sites (tertiary alicyclic amines) is 1. The van der Waals surface area contributed by atoms with E-state index in [1.54, 1.807) is 0 Å². The number of hydrogen-bond acceptors (Lipinski definition) is 4. The molecule has 1 amide bonds. The van der Waals surface area contributed by atoms with Crippen molar-refractivity contribution in [1.82, 2.24) is 15.1 Å². The topological polar surface area (TPSA) is 44.8 Å². The Kier molecular flexibility index (Phi) is 7.06. The van der Waals surface area contributed by atoms with Gasteiger partial charge >= 0.3 is 0 Å². The van der Waals surface area contributed by atoms with Crippen LogP contribution in [0.3, 0.4) is 0 Å². The van der Waals surface area contributed by atoms with Crippen molar-refractivity contribution < 1.29 is 9.53 Å². The van der Waals surface area contributed by atoms with E-state index in [0.29, 0.717) is 25.0 Å². The van der Waals surface area contributed by atoms with Crippen molar-refractivity contribution in [2.24, 2.45) is 5.92 Å². The molecule has 2 fully saturated rings. The molecule has 0 aromatic heterocycles. The summed E-state index contributed by atoms with van der Waals surface area (Å²) in [4.78, 5) is 17.2. The van der Waals surface area contributed by atoms with E-state index >= 15 is 0 Å². The molecule has 2 aliphatic rings. The number of nitrogens with zero attached hydrogens (tertiary/aromatic N) is 2. The summed E-state index contributed by atoms with van der Waals surface area (Å²) in [6, 6.07) is 10.9. The maximum absolute atomic E-state index is 12.5. The minimum absolute atomic E-state index is 0.106. The summed E-state index contributed by atoms with van der Waals surface area (Å²) in [7, 11) is 0. The lowest BCUT2D eigenvalue weighted by Crippen LogP contribution is -2.49. The third-order valence-electron chi connectivity index (χ3n) is 5.27. The van der Waals surface area contributed by atoms with E-state index in [0.717, 1.165) is 45.6 Å². The molecule has 0 saturated carbocycles. The van der Waals surface area contributed by atoms with Crippen molar-refractivity contribution in [2.45, 2.75) is 38.8 Å². The minimum atomic E-state index is 0.106. The normalized spacial score (nSPS) is 24.9. The summed E-state index contributed by atoms with van der Waals surface area (Å²) >= 11 is 0. The van der Waals surface area contributed by atoms with Crippen LogP contribution in [0.1, 0.15) is 38.3 Å². The number of carbonyl (C=O) groups excluding carboxylic acids is 1. The van der Waals surface area contributed by atoms with E-state index in [4.69, 9.17) is 4.74 Å². The standard InChI is InChI=1S/C21H33N3O2/c1-17(2)14-23-11-12-26-19(15-23)13-22-21(25)16-24-10-6-9-20(24)18-7-4-3-5-8-18/h3-5,7-8,17,19-20H,6,9-16H2,1-2H3,(H,22,25). The van der Waals surface area contributed by atoms with E-state index in [-0.39, 0.29) is 12.0 Å². The number of ether oxygens (including phenoxy) is 1. The highest BCUT2D eigenvalue weighted by Gasteiger charge is 2.28. The quantitative estimate of drug-likeness (QED) is 0.811. The lowest BCUT2D eigenvalue weighted by molar-refractivity contribution is -0.123. The maximum atomic E-state index is 12.5. The summed E-state index contributed by atoms with van der Waals surface area (Å²) < 4.78 is 5.83. The lowest BCUT2D eigenvalue weighted by atomic mass is 10.0. The fourth-order valence-electron chi connectivity index (χ4n) is 4.12. The summed E-state index contributed by atoms with van der Waals surface area (Å²) in [6.45, 7) is 10.3. The van der Waals surface area contributed by atoms with Crippen LogP contribution in [0.5, 0.6) is 0 Å². The fraction of sp³-hybridized carbons (Fsp3) is 0.667. The Hall–Kier alpha value is -1.43. The molecule has 5 heteroatoms. The van der Waals surface area contributed by atoms with Gasteiger partial charge in [-0.1, -0.05) is 44.2 Å². The van der Waals surface area contributed by atoms with Crippen molar-refractivity contribution >= 4 is 5.91 Å². The molecule has 0 radical (unpaired) electrons. The molecule has 2 aliphatic heterocycles. The summed E-state index contributed by atoms with van der Waals surface area (Å²) in [5, 5.41) is 3.09. The molecular formula is C21H33N3O2. The monoisotopic (exact) mass is 359 g/mol. The van der Waals surface area contributed by atoms with Crippen LogP contribution < -0.4 is 5.32 Å². The molecule has 144 valence electrons. The van der Waals surface area contributed by atoms with Crippen molar-refractivity contribution in [3.8, 4) is 0 Å². The third-order valence-corrected chi connectivity index (χ3v) is 5.27. The Morgan fingerprint density at radius 3 is 2.85 bits per heavy atom. The van der Waals surface area contributed by atoms with Gasteiger partial charge in [-0.2, -0.15) is 0 Å². The first-order valence-electron chi connectivity index (χ1n) is 10.0. The first kappa shape index (κ1) is 19.3. The molecule has 5 nitrogen and oxygen atoms in total. The predicted molar refractivity (Wildman–Crippen MR) is 104 cm³/mol. The van der Waals surface area contributed by atoms with Crippen LogP contribution in [0, 0.1) is 5.92 Å². The predicted octanol–water partition coefficient (Wildman–Crippen LogP) is 2.30. The Bertz CT molecular complexity index is 564. The first-order chi connectivity index (χ1) is 12.6. The van der Waals surface area contributed by atoms with Crippen LogP contribution in [0.2, 0.25) is 0 Å². The average molecular weight is 360 g/mol. The number of carbonyl (C=O) groups is 1. The highest BCUT2D eigenvalue weighted by Crippen LogP contribution is 2.31. The molecule has 1 N–H and O–H groups in total. The second kappa shape index (κ2) is 9.49. The number of benzene rings is 1. The minimum Gasteiger partial charge on any atom is -0.374 e. The molecule has 0 aliphatic carbocycles. The molecule has 1 aromatic carbocycles. The van der Waals surface area contributed by atoms with E-state index in [9.17, 15) is 4.79 Å². The SMILES string of the molecule is CC(C)CN1CCOC(CNC(=O)CN2CCCC2c2ccccc2)C1. The van der Waals surface area contributed by atoms with Crippen LogP contribution in [0.25, 0.3) is 0 Å². The zero-order chi connectivity index (χ0) is 18.4. The van der Waals surface area contributed by atoms with Crippen LogP contribution >= 0.6 is 0 Å². The zero-order valence-corrected chi connectivity index (χ0v) is 16.2. The summed E-state index contributed by atoms with van der Waals surface area (Å²) in [6.07, 6.45) is 2.39. The van der Waals surface area contributed by atoms with Crippen LogP contribution in [0.15, 0.2) is 30.3 Å². The smallest absolute Gasteiger partial charge is 0.234 e. The van der Waals surface area contributed by atoms with Crippen molar-refractivity contribution in [2.75, 3.05) is 45.9 Å². The van der Waals surface area contributed by atoms with Crippen LogP contribution in [-0.4, -0.2) is 67.7 Å². The van der Waals surface area contributed by atoms with E-state index in [1.807, 2.05) is 6.07 Å². The number of rotatable bonds is 7. The highest BCUT2D eigenvalue weighted by atomic mass is 16.5. The Morgan fingerprint density at radius 2 is 2.08 bits per heavy atom. The van der Waals surface area contributed by atoms with E-state index in [1.165, 1.54) is 5.56 Å². The van der Waals surface area contributed by atoms with E-state index in [2.05, 4.69) is 53.2 Å². The Labute approximate surface area is 157 Å². The Balaban J connectivity index is 1.44. The Morgan fingerprint density at radius 1 is 1.27 bits per heavy atom. The molecule has 2 unspecified atom stereocenters. The molecule has 2 saturated heterocycles. The van der Waals surface area contributed by atoms with Crippen molar-refractivity contribution in [3.05, 3.63) is 35.9 Å². The van der Waals surface area contributed by atoms with Gasteiger partial charge in [-0.25, -0.2) is 0 Å². The maximum Gasteiger partial charge on any atom is 0.234 e. The highest BCUT2D eigenvalue weighted by molar-refractivity contribution is 5.78. The molecule has 0 spiro atoms. The number of nitrogens with one attached hydrogen (secondary N) is 1. The lowest BCUT2D eigenvalue weighted by Gasteiger charge is -2.34. The first-order valence-corrected chi connectivity index (χ1v) is 10.0. The molecule has 1 aromatic rings. The van der Waals surface area contributed by atoms with Gasteiger partial charge in [-0.15, -0.1) is 0 Å². The van der Waals surface area contributed by atoms with Gasteiger partial charge in [0.15, 0.2) is 0 Å². The van der Waals surface area contributed by atoms with Gasteiger partial charge in [-0.05, 0) is 30.9 Å². The number of hydrogen-bond donors (Lipinski definition) is 1. The zero-order valence-electron chi connectivity index (χ0n) is 16.2. The van der Waals surface area contributed by atoms with Crippen molar-refractivity contribution in [1.29, 1.82) is 0 Å². The van der Waals surface area contributed by atoms with Gasteiger partial charge in [0.05, 0.1) is 19.3 Å². The molecule has 2 atom stereocenters. The average Bonchev–Trinajstić information content (AvgIpc) is 3.08. The summed E-state index contributed by atoms with van der Waals surface area (Å²) in [5.41, 5.74) is 1.32. The van der Waals surface area contributed by atoms with Crippen LogP contribution in [-0.2, 0) is 9.53 Å². The fourth-order valence-corrected chi connectivity index (χ4v) is 4.12. The second-order valence-electron chi connectivity index (χ2n) is 7.99. The molecule has 2 heterocycles. The van der Waals surface area contributed by atoms with Gasteiger partial charge in [0.25, 0.3) is 0 Å². The number of morpholine rings is 1.